The summed E-state index contributed by atoms with van der Waals surface area (Å²) in [5.41, 5.74) is 0.0146. The summed E-state index contributed by atoms with van der Waals surface area (Å²) in [6, 6.07) is 0. The summed E-state index contributed by atoms with van der Waals surface area (Å²) < 4.78 is 5.44. The maximum absolute atomic E-state index is 5.71. The second-order valence-electron chi connectivity index (χ2n) is 7.73. The molecule has 4 nitrogen and oxygen atoms in total. The first kappa shape index (κ1) is 18.7. The lowest BCUT2D eigenvalue weighted by molar-refractivity contribution is 0.0354. The largest absolute Gasteiger partial charge is 0.379 e. The van der Waals surface area contributed by atoms with E-state index in [-0.39, 0.29) is 5.54 Å². The van der Waals surface area contributed by atoms with E-state index in [0.29, 0.717) is 0 Å². The topological polar surface area (TPSA) is 27.7 Å². The summed E-state index contributed by atoms with van der Waals surface area (Å²) in [4.78, 5) is 4.87. The van der Waals surface area contributed by atoms with Gasteiger partial charge < -0.3 is 15.0 Å². The number of ether oxygens (including phenoxy) is 1. The van der Waals surface area contributed by atoms with Crippen LogP contribution in [-0.2, 0) is 4.74 Å². The molecule has 2 rings (SSSR count). The Balaban J connectivity index is 1.89. The third-order valence-electron chi connectivity index (χ3n) is 4.42. The quantitative estimate of drug-likeness (QED) is 0.614. The van der Waals surface area contributed by atoms with Gasteiger partial charge in [-0.1, -0.05) is 12.2 Å². The molecule has 1 N–H and O–H groups in total. The van der Waals surface area contributed by atoms with Crippen molar-refractivity contribution in [2.75, 3.05) is 45.9 Å². The van der Waals surface area contributed by atoms with Crippen molar-refractivity contribution in [3.63, 3.8) is 0 Å². The molecule has 23 heavy (non-hydrogen) atoms. The van der Waals surface area contributed by atoms with Crippen molar-refractivity contribution in [2.45, 2.75) is 45.6 Å². The van der Waals surface area contributed by atoms with E-state index in [1.165, 1.54) is 19.3 Å². The van der Waals surface area contributed by atoms with Gasteiger partial charge in [0.25, 0.3) is 0 Å². The molecule has 1 aliphatic heterocycles. The highest BCUT2D eigenvalue weighted by Crippen LogP contribution is 2.19. The maximum Gasteiger partial charge on any atom is 0.169 e. The highest BCUT2D eigenvalue weighted by molar-refractivity contribution is 7.80. The Labute approximate surface area is 147 Å². The van der Waals surface area contributed by atoms with Gasteiger partial charge in [-0.2, -0.15) is 0 Å². The average Bonchev–Trinajstić information content (AvgIpc) is 2.51. The molecule has 1 fully saturated rings. The molecule has 0 saturated carbocycles. The van der Waals surface area contributed by atoms with Gasteiger partial charge in [0.05, 0.1) is 13.2 Å². The van der Waals surface area contributed by atoms with Crippen molar-refractivity contribution in [2.24, 2.45) is 5.92 Å². The fraction of sp³-hybridized carbons (Fsp3) is 0.833. The number of hydrogen-bond acceptors (Lipinski definition) is 3. The summed E-state index contributed by atoms with van der Waals surface area (Å²) in [7, 11) is 0. The number of rotatable bonds is 5. The van der Waals surface area contributed by atoms with E-state index in [0.717, 1.165) is 57.0 Å². The van der Waals surface area contributed by atoms with Crippen LogP contribution >= 0.6 is 12.2 Å². The maximum atomic E-state index is 5.71. The molecule has 0 bridgehead atoms. The van der Waals surface area contributed by atoms with Gasteiger partial charge in [0.1, 0.15) is 0 Å². The molecule has 0 aromatic rings. The van der Waals surface area contributed by atoms with E-state index in [1.807, 2.05) is 0 Å². The fourth-order valence-corrected chi connectivity index (χ4v) is 3.57. The predicted octanol–water partition coefficient (Wildman–Crippen LogP) is 2.65. The number of allylic oxidation sites excluding steroid dienone is 2. The molecule has 1 heterocycles. The number of thiocarbonyl (C=S) groups is 1. The van der Waals surface area contributed by atoms with Crippen LogP contribution in [0.5, 0.6) is 0 Å². The molecular weight excluding hydrogens is 306 g/mol. The van der Waals surface area contributed by atoms with Gasteiger partial charge in [0.15, 0.2) is 5.11 Å². The van der Waals surface area contributed by atoms with Crippen molar-refractivity contribution in [3.05, 3.63) is 12.2 Å². The number of nitrogens with one attached hydrogen (secondary N) is 1. The van der Waals surface area contributed by atoms with Gasteiger partial charge in [0, 0.05) is 38.3 Å². The summed E-state index contributed by atoms with van der Waals surface area (Å²) in [5.74, 6) is 0.726. The van der Waals surface area contributed by atoms with Crippen LogP contribution in [0.2, 0.25) is 0 Å². The monoisotopic (exact) mass is 339 g/mol. The van der Waals surface area contributed by atoms with Gasteiger partial charge in [-0.25, -0.2) is 0 Å². The average molecular weight is 340 g/mol. The Morgan fingerprint density at radius 2 is 2.04 bits per heavy atom. The smallest absolute Gasteiger partial charge is 0.169 e. The zero-order chi connectivity index (χ0) is 16.7. The van der Waals surface area contributed by atoms with Crippen molar-refractivity contribution < 1.29 is 4.74 Å². The minimum absolute atomic E-state index is 0.0146. The SMILES string of the molecule is CC(C)(C)NC(=S)N(CCN1CCOCC1)CC1CC=CCC1. The summed E-state index contributed by atoms with van der Waals surface area (Å²) in [6.45, 7) is 13.4. The van der Waals surface area contributed by atoms with Crippen LogP contribution in [0.25, 0.3) is 0 Å². The van der Waals surface area contributed by atoms with Gasteiger partial charge >= 0.3 is 0 Å². The Morgan fingerprint density at radius 3 is 2.65 bits per heavy atom. The molecule has 1 saturated heterocycles. The van der Waals surface area contributed by atoms with Crippen molar-refractivity contribution >= 4 is 17.3 Å². The number of morpholine rings is 1. The standard InChI is InChI=1S/C18H33N3OS/c1-18(2,3)19-17(23)21(15-16-7-5-4-6-8-16)10-9-20-11-13-22-14-12-20/h4-5,16H,6-15H2,1-3H3,(H,19,23). The lowest BCUT2D eigenvalue weighted by Gasteiger charge is -2.36. The highest BCUT2D eigenvalue weighted by atomic mass is 32.1. The first-order valence-electron chi connectivity index (χ1n) is 8.96. The summed E-state index contributed by atoms with van der Waals surface area (Å²) in [6.07, 6.45) is 8.31. The third-order valence-corrected chi connectivity index (χ3v) is 4.78. The summed E-state index contributed by atoms with van der Waals surface area (Å²) in [5, 5.41) is 4.40. The second kappa shape index (κ2) is 9.00. The molecule has 0 aromatic carbocycles. The zero-order valence-corrected chi connectivity index (χ0v) is 15.8. The van der Waals surface area contributed by atoms with Crippen molar-refractivity contribution in [3.8, 4) is 0 Å². The van der Waals surface area contributed by atoms with Gasteiger partial charge in [-0.05, 0) is 58.2 Å². The van der Waals surface area contributed by atoms with E-state index in [9.17, 15) is 0 Å². The van der Waals surface area contributed by atoms with Crippen LogP contribution in [0, 0.1) is 5.92 Å². The molecular formula is C18H33N3OS. The fourth-order valence-electron chi connectivity index (χ4n) is 3.10. The van der Waals surface area contributed by atoms with Crippen LogP contribution in [0.15, 0.2) is 12.2 Å². The Kier molecular flexibility index (Phi) is 7.31. The van der Waals surface area contributed by atoms with Crippen LogP contribution in [0.3, 0.4) is 0 Å². The molecule has 1 aliphatic carbocycles. The van der Waals surface area contributed by atoms with Gasteiger partial charge in [-0.3, -0.25) is 4.90 Å². The van der Waals surface area contributed by atoms with Crippen molar-refractivity contribution in [1.82, 2.24) is 15.1 Å². The highest BCUT2D eigenvalue weighted by Gasteiger charge is 2.21. The number of hydrogen-bond donors (Lipinski definition) is 1. The molecule has 0 spiro atoms. The third kappa shape index (κ3) is 7.19. The first-order valence-corrected chi connectivity index (χ1v) is 9.37. The zero-order valence-electron chi connectivity index (χ0n) is 15.0. The van der Waals surface area contributed by atoms with E-state index in [2.05, 4.69) is 48.0 Å². The van der Waals surface area contributed by atoms with E-state index >= 15 is 0 Å². The number of nitrogens with zero attached hydrogens (tertiary/aromatic N) is 2. The minimum atomic E-state index is 0.0146. The van der Waals surface area contributed by atoms with Gasteiger partial charge in [0.2, 0.25) is 0 Å². The van der Waals surface area contributed by atoms with E-state index < -0.39 is 0 Å². The molecule has 5 heteroatoms. The molecule has 2 aliphatic rings. The molecule has 0 amide bonds. The van der Waals surface area contributed by atoms with Crippen LogP contribution < -0.4 is 5.32 Å². The van der Waals surface area contributed by atoms with Crippen LogP contribution in [-0.4, -0.2) is 66.4 Å². The van der Waals surface area contributed by atoms with Crippen LogP contribution in [0.1, 0.15) is 40.0 Å². The van der Waals surface area contributed by atoms with Gasteiger partial charge in [-0.15, -0.1) is 0 Å². The first-order chi connectivity index (χ1) is 10.9. The Hall–Kier alpha value is -0.650. The Morgan fingerprint density at radius 1 is 1.30 bits per heavy atom. The molecule has 0 radical (unpaired) electrons. The molecule has 1 atom stereocenters. The van der Waals surface area contributed by atoms with E-state index in [1.54, 1.807) is 0 Å². The second-order valence-corrected chi connectivity index (χ2v) is 8.12. The predicted molar refractivity (Wildman–Crippen MR) is 101 cm³/mol. The minimum Gasteiger partial charge on any atom is -0.379 e. The van der Waals surface area contributed by atoms with Crippen molar-refractivity contribution in [1.29, 1.82) is 0 Å². The molecule has 132 valence electrons. The lowest BCUT2D eigenvalue weighted by Crippen LogP contribution is -2.52. The molecule has 1 unspecified atom stereocenters. The Bertz CT molecular complexity index is 400. The summed E-state index contributed by atoms with van der Waals surface area (Å²) >= 11 is 5.71. The van der Waals surface area contributed by atoms with Crippen LogP contribution in [0.4, 0.5) is 0 Å². The van der Waals surface area contributed by atoms with E-state index in [4.69, 9.17) is 17.0 Å². The molecule has 0 aromatic heterocycles. The normalized spacial score (nSPS) is 22.8. The lowest BCUT2D eigenvalue weighted by atomic mass is 9.94.